The van der Waals surface area contributed by atoms with Crippen molar-refractivity contribution in [3.63, 3.8) is 0 Å². The smallest absolute Gasteiger partial charge is 0.254 e. The Morgan fingerprint density at radius 1 is 0.828 bits per heavy atom. The van der Waals surface area contributed by atoms with Crippen molar-refractivity contribution in [2.24, 2.45) is 0 Å². The molecule has 3 saturated heterocycles. The van der Waals surface area contributed by atoms with Gasteiger partial charge in [0.05, 0.1) is 0 Å². The Labute approximate surface area is 176 Å². The number of nitrogens with zero attached hydrogens (tertiary/aromatic N) is 3. The molecule has 3 aliphatic rings. The van der Waals surface area contributed by atoms with Gasteiger partial charge in [0.2, 0.25) is 0 Å². The monoisotopic (exact) mass is 399 g/mol. The third-order valence-electron chi connectivity index (χ3n) is 6.78. The minimum atomic E-state index is 0.185. The fourth-order valence-electron chi connectivity index (χ4n) is 5.07. The largest absolute Gasteiger partial charge is 0.492 e. The van der Waals surface area contributed by atoms with Crippen LogP contribution in [-0.4, -0.2) is 79.1 Å². The average molecular weight is 400 g/mol. The molecular formula is C24H37N3O2. The minimum Gasteiger partial charge on any atom is -0.492 e. The van der Waals surface area contributed by atoms with Gasteiger partial charge in [-0.15, -0.1) is 0 Å². The molecule has 3 aliphatic heterocycles. The number of likely N-dealkylation sites (tertiary alicyclic amines) is 3. The standard InChI is InChI=1S/C24H37N3O2/c28-24(27-17-7-8-22(27)20-26-15-5-2-6-16-26)21-9-11-23(12-10-21)29-19-18-25-13-3-1-4-14-25/h9-12,22H,1-8,13-20H2/t22-/m0/s1. The molecule has 3 heterocycles. The van der Waals surface area contributed by atoms with Crippen LogP contribution in [0.2, 0.25) is 0 Å². The number of amides is 1. The summed E-state index contributed by atoms with van der Waals surface area (Å²) in [5.41, 5.74) is 0.791. The van der Waals surface area contributed by atoms with Gasteiger partial charge >= 0.3 is 0 Å². The van der Waals surface area contributed by atoms with E-state index in [1.54, 1.807) is 0 Å². The molecule has 29 heavy (non-hydrogen) atoms. The number of carbonyl (C=O) groups is 1. The maximum absolute atomic E-state index is 13.1. The SMILES string of the molecule is O=C(c1ccc(OCCN2CCCCC2)cc1)N1CCC[C@H]1CN1CCCCC1. The van der Waals surface area contributed by atoms with Gasteiger partial charge in [-0.2, -0.15) is 0 Å². The highest BCUT2D eigenvalue weighted by Crippen LogP contribution is 2.23. The summed E-state index contributed by atoms with van der Waals surface area (Å²) in [7, 11) is 0. The van der Waals surface area contributed by atoms with Crippen molar-refractivity contribution >= 4 is 5.91 Å². The van der Waals surface area contributed by atoms with E-state index in [0.29, 0.717) is 6.04 Å². The van der Waals surface area contributed by atoms with Gasteiger partial charge in [-0.25, -0.2) is 0 Å². The van der Waals surface area contributed by atoms with Gasteiger partial charge in [-0.1, -0.05) is 12.8 Å². The topological polar surface area (TPSA) is 36.0 Å². The Morgan fingerprint density at radius 2 is 1.48 bits per heavy atom. The number of benzene rings is 1. The predicted octanol–water partition coefficient (Wildman–Crippen LogP) is 3.64. The first-order chi connectivity index (χ1) is 14.3. The van der Waals surface area contributed by atoms with E-state index in [1.165, 1.54) is 64.7 Å². The summed E-state index contributed by atoms with van der Waals surface area (Å²) < 4.78 is 5.92. The highest BCUT2D eigenvalue weighted by atomic mass is 16.5. The Kier molecular flexibility index (Phi) is 7.44. The van der Waals surface area contributed by atoms with Gasteiger partial charge in [-0.3, -0.25) is 9.69 Å². The van der Waals surface area contributed by atoms with Gasteiger partial charge in [0.1, 0.15) is 12.4 Å². The van der Waals surface area contributed by atoms with E-state index in [-0.39, 0.29) is 5.91 Å². The van der Waals surface area contributed by atoms with Gasteiger partial charge in [0.15, 0.2) is 0 Å². The molecule has 5 heteroatoms. The number of ether oxygens (including phenoxy) is 1. The van der Waals surface area contributed by atoms with Crippen molar-refractivity contribution < 1.29 is 9.53 Å². The molecule has 3 fully saturated rings. The highest BCUT2D eigenvalue weighted by molar-refractivity contribution is 5.94. The second-order valence-corrected chi connectivity index (χ2v) is 8.93. The van der Waals surface area contributed by atoms with Crippen LogP contribution in [0.1, 0.15) is 61.7 Å². The quantitative estimate of drug-likeness (QED) is 0.701. The van der Waals surface area contributed by atoms with Crippen LogP contribution in [0.25, 0.3) is 0 Å². The number of hydrogen-bond acceptors (Lipinski definition) is 4. The molecule has 0 spiro atoms. The zero-order chi connectivity index (χ0) is 19.9. The molecule has 1 amide bonds. The van der Waals surface area contributed by atoms with Crippen LogP contribution in [0, 0.1) is 0 Å². The summed E-state index contributed by atoms with van der Waals surface area (Å²) in [6.07, 6.45) is 10.2. The zero-order valence-electron chi connectivity index (χ0n) is 17.9. The summed E-state index contributed by atoms with van der Waals surface area (Å²) in [5.74, 6) is 1.05. The highest BCUT2D eigenvalue weighted by Gasteiger charge is 2.31. The number of hydrogen-bond donors (Lipinski definition) is 0. The second kappa shape index (κ2) is 10.4. The Hall–Kier alpha value is -1.59. The first kappa shape index (κ1) is 20.7. The van der Waals surface area contributed by atoms with E-state index in [4.69, 9.17) is 4.74 Å². The Morgan fingerprint density at radius 3 is 2.17 bits per heavy atom. The molecule has 1 aromatic carbocycles. The molecular weight excluding hydrogens is 362 g/mol. The molecule has 160 valence electrons. The summed E-state index contributed by atoms with van der Waals surface area (Å²) in [6, 6.07) is 8.17. The van der Waals surface area contributed by atoms with Crippen molar-refractivity contribution in [2.75, 3.05) is 52.4 Å². The molecule has 0 N–H and O–H groups in total. The van der Waals surface area contributed by atoms with Crippen molar-refractivity contribution in [1.82, 2.24) is 14.7 Å². The summed E-state index contributed by atoms with van der Waals surface area (Å²) in [4.78, 5) is 20.2. The van der Waals surface area contributed by atoms with E-state index in [9.17, 15) is 4.79 Å². The van der Waals surface area contributed by atoms with Crippen molar-refractivity contribution in [2.45, 2.75) is 57.4 Å². The second-order valence-electron chi connectivity index (χ2n) is 8.93. The van der Waals surface area contributed by atoms with Gasteiger partial charge in [0.25, 0.3) is 5.91 Å². The predicted molar refractivity (Wildman–Crippen MR) is 117 cm³/mol. The van der Waals surface area contributed by atoms with Crippen LogP contribution in [0.4, 0.5) is 0 Å². The van der Waals surface area contributed by atoms with Crippen LogP contribution < -0.4 is 4.74 Å². The first-order valence-electron chi connectivity index (χ1n) is 11.8. The molecule has 0 bridgehead atoms. The van der Waals surface area contributed by atoms with Crippen LogP contribution in [0.5, 0.6) is 5.75 Å². The van der Waals surface area contributed by atoms with Gasteiger partial charge < -0.3 is 14.5 Å². The summed E-state index contributed by atoms with van der Waals surface area (Å²) in [6.45, 7) is 8.44. The number of carbonyl (C=O) groups excluding carboxylic acids is 1. The minimum absolute atomic E-state index is 0.185. The Bertz CT molecular complexity index is 636. The van der Waals surface area contributed by atoms with E-state index >= 15 is 0 Å². The van der Waals surface area contributed by atoms with Gasteiger partial charge in [0, 0.05) is 31.2 Å². The lowest BCUT2D eigenvalue weighted by Crippen LogP contribution is -2.44. The molecule has 1 atom stereocenters. The van der Waals surface area contributed by atoms with Crippen LogP contribution in [-0.2, 0) is 0 Å². The fraction of sp³-hybridized carbons (Fsp3) is 0.708. The number of piperidine rings is 2. The van der Waals surface area contributed by atoms with Crippen LogP contribution in [0.3, 0.4) is 0 Å². The normalized spacial score (nSPS) is 24.0. The molecule has 0 aromatic heterocycles. The maximum Gasteiger partial charge on any atom is 0.254 e. The van der Waals surface area contributed by atoms with E-state index in [0.717, 1.165) is 50.4 Å². The van der Waals surface area contributed by atoms with Crippen LogP contribution >= 0.6 is 0 Å². The molecule has 0 radical (unpaired) electrons. The van der Waals surface area contributed by atoms with E-state index in [2.05, 4.69) is 14.7 Å². The average Bonchev–Trinajstić information content (AvgIpc) is 3.23. The molecule has 0 unspecified atom stereocenters. The molecule has 0 aliphatic carbocycles. The maximum atomic E-state index is 13.1. The van der Waals surface area contributed by atoms with Crippen LogP contribution in [0.15, 0.2) is 24.3 Å². The molecule has 1 aromatic rings. The Balaban J connectivity index is 1.26. The molecule has 0 saturated carbocycles. The fourth-order valence-corrected chi connectivity index (χ4v) is 5.07. The van der Waals surface area contributed by atoms with E-state index in [1.807, 2.05) is 24.3 Å². The van der Waals surface area contributed by atoms with Crippen molar-refractivity contribution in [3.05, 3.63) is 29.8 Å². The summed E-state index contributed by atoms with van der Waals surface area (Å²) in [5, 5.41) is 0. The number of rotatable bonds is 7. The summed E-state index contributed by atoms with van der Waals surface area (Å²) >= 11 is 0. The third-order valence-corrected chi connectivity index (χ3v) is 6.78. The van der Waals surface area contributed by atoms with Crippen molar-refractivity contribution in [1.29, 1.82) is 0 Å². The zero-order valence-corrected chi connectivity index (χ0v) is 17.9. The lowest BCUT2D eigenvalue weighted by Gasteiger charge is -2.33. The third kappa shape index (κ3) is 5.73. The lowest BCUT2D eigenvalue weighted by atomic mass is 10.1. The molecule has 5 nitrogen and oxygen atoms in total. The van der Waals surface area contributed by atoms with Crippen molar-refractivity contribution in [3.8, 4) is 5.75 Å². The first-order valence-corrected chi connectivity index (χ1v) is 11.8. The van der Waals surface area contributed by atoms with Gasteiger partial charge in [-0.05, 0) is 89.0 Å². The van der Waals surface area contributed by atoms with E-state index < -0.39 is 0 Å². The molecule has 4 rings (SSSR count). The lowest BCUT2D eigenvalue weighted by molar-refractivity contribution is 0.0690.